The molecule has 2 N–H and O–H groups in total. The molecule has 0 radical (unpaired) electrons. The normalized spacial score (nSPS) is 14.4. The maximum atomic E-state index is 12.8. The lowest BCUT2D eigenvalue weighted by Crippen LogP contribution is -2.43. The maximum absolute atomic E-state index is 12.8. The summed E-state index contributed by atoms with van der Waals surface area (Å²) in [5, 5.41) is 6.19. The van der Waals surface area contributed by atoms with Crippen LogP contribution >= 0.6 is 12.4 Å². The number of carbonyl (C=O) groups excluding carboxylic acids is 2. The summed E-state index contributed by atoms with van der Waals surface area (Å²) < 4.78 is 0. The zero-order valence-electron chi connectivity index (χ0n) is 15.7. The third-order valence-electron chi connectivity index (χ3n) is 4.96. The van der Waals surface area contributed by atoms with Gasteiger partial charge in [0.15, 0.2) is 0 Å². The van der Waals surface area contributed by atoms with Gasteiger partial charge in [-0.25, -0.2) is 0 Å². The Morgan fingerprint density at radius 2 is 1.67 bits per heavy atom. The lowest BCUT2D eigenvalue weighted by molar-refractivity contribution is 0.0707. The first-order valence-electron chi connectivity index (χ1n) is 9.02. The Kier molecular flexibility index (Phi) is 7.39. The number of likely N-dealkylation sites (tertiary alicyclic amines) is 1. The van der Waals surface area contributed by atoms with Crippen LogP contribution in [0.3, 0.4) is 0 Å². The highest BCUT2D eigenvalue weighted by Gasteiger charge is 2.23. The number of benzene rings is 2. The van der Waals surface area contributed by atoms with Gasteiger partial charge in [-0.2, -0.15) is 0 Å². The first kappa shape index (κ1) is 20.9. The van der Waals surface area contributed by atoms with Crippen LogP contribution in [0.15, 0.2) is 48.5 Å². The zero-order chi connectivity index (χ0) is 18.5. The fourth-order valence-electron chi connectivity index (χ4n) is 3.23. The average molecular weight is 388 g/mol. The highest BCUT2D eigenvalue weighted by atomic mass is 35.5. The Labute approximate surface area is 166 Å². The molecule has 0 saturated carbocycles. The third kappa shape index (κ3) is 5.08. The molecule has 0 unspecified atom stereocenters. The van der Waals surface area contributed by atoms with Gasteiger partial charge in [0.05, 0.1) is 0 Å². The lowest BCUT2D eigenvalue weighted by atomic mass is 10.0. The molecule has 2 amide bonds. The number of piperidine rings is 1. The van der Waals surface area contributed by atoms with Crippen molar-refractivity contribution in [1.29, 1.82) is 0 Å². The van der Waals surface area contributed by atoms with Gasteiger partial charge < -0.3 is 15.5 Å². The summed E-state index contributed by atoms with van der Waals surface area (Å²) in [5.74, 6) is -0.150. The molecular weight excluding hydrogens is 362 g/mol. The largest absolute Gasteiger partial charge is 0.339 e. The van der Waals surface area contributed by atoms with Crippen LogP contribution < -0.4 is 10.6 Å². The molecule has 1 saturated heterocycles. The van der Waals surface area contributed by atoms with E-state index in [4.69, 9.17) is 0 Å². The predicted octanol–water partition coefficient (Wildman–Crippen LogP) is 3.49. The van der Waals surface area contributed by atoms with E-state index in [2.05, 4.69) is 10.6 Å². The second-order valence-electron chi connectivity index (χ2n) is 6.70. The van der Waals surface area contributed by atoms with E-state index in [0.29, 0.717) is 22.9 Å². The minimum atomic E-state index is -0.173. The van der Waals surface area contributed by atoms with Gasteiger partial charge in [-0.1, -0.05) is 24.3 Å². The van der Waals surface area contributed by atoms with Crippen LogP contribution in [0.4, 0.5) is 5.69 Å². The van der Waals surface area contributed by atoms with Crippen LogP contribution in [0.2, 0.25) is 0 Å². The van der Waals surface area contributed by atoms with Gasteiger partial charge in [0.25, 0.3) is 11.8 Å². The third-order valence-corrected chi connectivity index (χ3v) is 4.96. The number of nitrogens with one attached hydrogen (secondary N) is 2. The Hall–Kier alpha value is -2.37. The number of halogens is 1. The van der Waals surface area contributed by atoms with E-state index in [9.17, 15) is 9.59 Å². The van der Waals surface area contributed by atoms with Crippen molar-refractivity contribution in [3.63, 3.8) is 0 Å². The molecule has 0 atom stereocenters. The number of hydrogen-bond donors (Lipinski definition) is 2. The number of rotatable bonds is 4. The topological polar surface area (TPSA) is 61.4 Å². The second kappa shape index (κ2) is 9.53. The minimum Gasteiger partial charge on any atom is -0.339 e. The molecule has 6 heteroatoms. The molecule has 5 nitrogen and oxygen atoms in total. The molecule has 0 spiro atoms. The summed E-state index contributed by atoms with van der Waals surface area (Å²) in [5.41, 5.74) is 2.81. The Bertz CT molecular complexity index is 787. The van der Waals surface area contributed by atoms with Gasteiger partial charge in [0, 0.05) is 35.9 Å². The van der Waals surface area contributed by atoms with Crippen molar-refractivity contribution in [3.05, 3.63) is 65.2 Å². The van der Waals surface area contributed by atoms with Crippen LogP contribution in [-0.4, -0.2) is 42.9 Å². The molecule has 1 fully saturated rings. The zero-order valence-corrected chi connectivity index (χ0v) is 16.5. The molecule has 0 aliphatic carbocycles. The molecule has 1 aliphatic rings. The van der Waals surface area contributed by atoms with Gasteiger partial charge >= 0.3 is 0 Å². The average Bonchev–Trinajstić information content (AvgIpc) is 2.70. The fourth-order valence-corrected chi connectivity index (χ4v) is 3.23. The van der Waals surface area contributed by atoms with E-state index in [0.717, 1.165) is 31.5 Å². The van der Waals surface area contributed by atoms with E-state index in [1.54, 1.807) is 18.2 Å². The molecule has 0 bridgehead atoms. The second-order valence-corrected chi connectivity index (χ2v) is 6.70. The Morgan fingerprint density at radius 3 is 2.30 bits per heavy atom. The highest BCUT2D eigenvalue weighted by molar-refractivity contribution is 6.05. The van der Waals surface area contributed by atoms with Crippen molar-refractivity contribution in [2.24, 2.45) is 0 Å². The lowest BCUT2D eigenvalue weighted by Gasteiger charge is -2.32. The summed E-state index contributed by atoms with van der Waals surface area (Å²) in [6.07, 6.45) is 1.93. The summed E-state index contributed by atoms with van der Waals surface area (Å²) in [7, 11) is 1.96. The van der Waals surface area contributed by atoms with Gasteiger partial charge in [-0.3, -0.25) is 9.59 Å². The number of amides is 2. The Balaban J connectivity index is 0.00000261. The van der Waals surface area contributed by atoms with E-state index in [-0.39, 0.29) is 24.2 Å². The maximum Gasteiger partial charge on any atom is 0.255 e. The van der Waals surface area contributed by atoms with Crippen LogP contribution in [0.1, 0.15) is 39.1 Å². The number of aryl methyl sites for hydroxylation is 1. The highest BCUT2D eigenvalue weighted by Crippen LogP contribution is 2.21. The molecule has 1 heterocycles. The van der Waals surface area contributed by atoms with E-state index in [1.165, 1.54) is 0 Å². The standard InChI is InChI=1S/C21H25N3O2.ClH/c1-15-8-9-17(21(26)24-12-10-18(22-2)11-13-24)14-19(15)23-20(25)16-6-4-3-5-7-16;/h3-9,14,18,22H,10-13H2,1-2H3,(H,23,25);1H. The van der Waals surface area contributed by atoms with E-state index < -0.39 is 0 Å². The summed E-state index contributed by atoms with van der Waals surface area (Å²) in [4.78, 5) is 27.1. The van der Waals surface area contributed by atoms with Crippen molar-refractivity contribution in [2.45, 2.75) is 25.8 Å². The summed E-state index contributed by atoms with van der Waals surface area (Å²) in [6, 6.07) is 15.1. The van der Waals surface area contributed by atoms with Gasteiger partial charge in [-0.15, -0.1) is 12.4 Å². The van der Waals surface area contributed by atoms with E-state index in [1.807, 2.05) is 49.2 Å². The quantitative estimate of drug-likeness (QED) is 0.844. The molecule has 2 aromatic carbocycles. The number of carbonyl (C=O) groups is 2. The van der Waals surface area contributed by atoms with Gasteiger partial charge in [-0.05, 0) is 56.6 Å². The SMILES string of the molecule is CNC1CCN(C(=O)c2ccc(C)c(NC(=O)c3ccccc3)c2)CC1.Cl. The van der Waals surface area contributed by atoms with Crippen molar-refractivity contribution in [3.8, 4) is 0 Å². The molecule has 27 heavy (non-hydrogen) atoms. The van der Waals surface area contributed by atoms with Crippen LogP contribution in [-0.2, 0) is 0 Å². The minimum absolute atomic E-state index is 0. The van der Waals surface area contributed by atoms with Gasteiger partial charge in [0.2, 0.25) is 0 Å². The first-order chi connectivity index (χ1) is 12.6. The smallest absolute Gasteiger partial charge is 0.255 e. The molecule has 3 rings (SSSR count). The first-order valence-corrected chi connectivity index (χ1v) is 9.02. The monoisotopic (exact) mass is 387 g/mol. The van der Waals surface area contributed by atoms with Gasteiger partial charge in [0.1, 0.15) is 0 Å². The summed E-state index contributed by atoms with van der Waals surface area (Å²) >= 11 is 0. The molecule has 2 aromatic rings. The van der Waals surface area contributed by atoms with Crippen molar-refractivity contribution >= 4 is 29.9 Å². The van der Waals surface area contributed by atoms with Crippen LogP contribution in [0.5, 0.6) is 0 Å². The summed E-state index contributed by atoms with van der Waals surface area (Å²) in [6.45, 7) is 3.43. The molecule has 144 valence electrons. The van der Waals surface area contributed by atoms with Crippen LogP contribution in [0.25, 0.3) is 0 Å². The molecule has 0 aromatic heterocycles. The van der Waals surface area contributed by atoms with Crippen molar-refractivity contribution in [1.82, 2.24) is 10.2 Å². The molecule has 1 aliphatic heterocycles. The van der Waals surface area contributed by atoms with E-state index >= 15 is 0 Å². The number of nitrogens with zero attached hydrogens (tertiary/aromatic N) is 1. The van der Waals surface area contributed by atoms with Crippen molar-refractivity contribution < 1.29 is 9.59 Å². The fraction of sp³-hybridized carbons (Fsp3) is 0.333. The predicted molar refractivity (Wildman–Crippen MR) is 111 cm³/mol. The van der Waals surface area contributed by atoms with Crippen molar-refractivity contribution in [2.75, 3.05) is 25.5 Å². The molecular formula is C21H26ClN3O2. The number of hydrogen-bond acceptors (Lipinski definition) is 3. The van der Waals surface area contributed by atoms with Crippen LogP contribution in [0, 0.1) is 6.92 Å². The Morgan fingerprint density at radius 1 is 1.00 bits per heavy atom. The number of anilines is 1.